The fraction of sp³-hybridized carbons (Fsp3) is 0.438. The van der Waals surface area contributed by atoms with Crippen LogP contribution < -0.4 is 10.6 Å². The molecule has 0 spiro atoms. The van der Waals surface area contributed by atoms with Crippen molar-refractivity contribution < 1.29 is 24.2 Å². The van der Waals surface area contributed by atoms with E-state index in [1.165, 1.54) is 31.4 Å². The van der Waals surface area contributed by atoms with Crippen LogP contribution >= 0.6 is 11.8 Å². The van der Waals surface area contributed by atoms with E-state index in [1.54, 1.807) is 18.7 Å². The maximum absolute atomic E-state index is 11.8. The Morgan fingerprint density at radius 1 is 1.21 bits per heavy atom. The second-order valence-electron chi connectivity index (χ2n) is 5.45. The zero-order valence-corrected chi connectivity index (χ0v) is 14.7. The number of aliphatic hydroxyl groups is 1. The number of methoxy groups -OCH3 is 1. The summed E-state index contributed by atoms with van der Waals surface area (Å²) in [7, 11) is 1.27. The van der Waals surface area contributed by atoms with Crippen LogP contribution in [0.3, 0.4) is 0 Å². The Kier molecular flexibility index (Phi) is 7.73. The molecule has 24 heavy (non-hydrogen) atoms. The summed E-state index contributed by atoms with van der Waals surface area (Å²) in [5.74, 6) is -1.42. The average molecular weight is 354 g/mol. The number of hydrogen-bond acceptors (Lipinski definition) is 6. The van der Waals surface area contributed by atoms with Gasteiger partial charge in [0.15, 0.2) is 0 Å². The Bertz CT molecular complexity index is 587. The minimum absolute atomic E-state index is 0.0128. The molecule has 1 rings (SSSR count). The summed E-state index contributed by atoms with van der Waals surface area (Å²) in [5, 5.41) is 14.9. The topological polar surface area (TPSA) is 105 Å². The summed E-state index contributed by atoms with van der Waals surface area (Å²) in [6.45, 7) is 1.59. The van der Waals surface area contributed by atoms with Gasteiger partial charge in [-0.15, -0.1) is 0 Å². The number of carbonyl (C=O) groups excluding carboxylic acids is 3. The van der Waals surface area contributed by atoms with Gasteiger partial charge in [0.05, 0.1) is 18.3 Å². The predicted octanol–water partition coefficient (Wildman–Crippen LogP) is 1.03. The van der Waals surface area contributed by atoms with Crippen LogP contribution in [0.1, 0.15) is 23.7 Å². The second-order valence-corrected chi connectivity index (χ2v) is 6.43. The Labute approximate surface area is 145 Å². The summed E-state index contributed by atoms with van der Waals surface area (Å²) in [6, 6.07) is 5.94. The highest BCUT2D eigenvalue weighted by Gasteiger charge is 2.23. The van der Waals surface area contributed by atoms with Crippen molar-refractivity contribution in [1.29, 1.82) is 0 Å². The van der Waals surface area contributed by atoms with Crippen molar-refractivity contribution in [2.45, 2.75) is 18.9 Å². The normalized spacial score (nSPS) is 12.8. The molecular formula is C16H22N2O5S. The Balaban J connectivity index is 2.52. The average Bonchev–Trinajstić information content (AvgIpc) is 2.57. The van der Waals surface area contributed by atoms with Crippen molar-refractivity contribution in [1.82, 2.24) is 5.32 Å². The number of ether oxygens (including phenoxy) is 1. The maximum atomic E-state index is 11.8. The van der Waals surface area contributed by atoms with Gasteiger partial charge in [-0.05, 0) is 49.6 Å². The van der Waals surface area contributed by atoms with Crippen LogP contribution in [0, 0.1) is 0 Å². The van der Waals surface area contributed by atoms with Crippen molar-refractivity contribution in [3.8, 4) is 0 Å². The summed E-state index contributed by atoms with van der Waals surface area (Å²) in [5.41, 5.74) is -0.358. The van der Waals surface area contributed by atoms with E-state index in [1.807, 2.05) is 6.26 Å². The number of esters is 1. The first-order chi connectivity index (χ1) is 11.3. The number of hydrogen-bond donors (Lipinski definition) is 3. The lowest BCUT2D eigenvalue weighted by Crippen LogP contribution is -2.44. The van der Waals surface area contributed by atoms with E-state index in [9.17, 15) is 19.5 Å². The fourth-order valence-electron chi connectivity index (χ4n) is 1.76. The van der Waals surface area contributed by atoms with Gasteiger partial charge in [0.2, 0.25) is 0 Å². The molecule has 132 valence electrons. The number of rotatable bonds is 7. The van der Waals surface area contributed by atoms with Gasteiger partial charge in [0.1, 0.15) is 0 Å². The first-order valence-corrected chi connectivity index (χ1v) is 8.67. The van der Waals surface area contributed by atoms with Crippen LogP contribution in [0.5, 0.6) is 0 Å². The van der Waals surface area contributed by atoms with Gasteiger partial charge in [-0.1, -0.05) is 0 Å². The van der Waals surface area contributed by atoms with Gasteiger partial charge < -0.3 is 20.5 Å². The van der Waals surface area contributed by atoms with E-state index in [4.69, 9.17) is 0 Å². The van der Waals surface area contributed by atoms with E-state index in [2.05, 4.69) is 15.4 Å². The van der Waals surface area contributed by atoms with Crippen LogP contribution in [-0.2, 0) is 14.3 Å². The largest absolute Gasteiger partial charge is 0.465 e. The van der Waals surface area contributed by atoms with Gasteiger partial charge in [-0.3, -0.25) is 9.59 Å². The van der Waals surface area contributed by atoms with Crippen LogP contribution in [0.25, 0.3) is 0 Å². The number of benzene rings is 1. The van der Waals surface area contributed by atoms with Crippen molar-refractivity contribution in [2.24, 2.45) is 0 Å². The van der Waals surface area contributed by atoms with Gasteiger partial charge in [0, 0.05) is 12.2 Å². The number of amides is 2. The molecule has 1 atom stereocenters. The van der Waals surface area contributed by atoms with Crippen LogP contribution in [-0.4, -0.2) is 54.2 Å². The van der Waals surface area contributed by atoms with E-state index in [0.29, 0.717) is 17.7 Å². The highest BCUT2D eigenvalue weighted by atomic mass is 32.2. The molecule has 0 aliphatic rings. The molecule has 7 nitrogen and oxygen atoms in total. The Morgan fingerprint density at radius 3 is 2.38 bits per heavy atom. The third-order valence-electron chi connectivity index (χ3n) is 3.24. The van der Waals surface area contributed by atoms with Gasteiger partial charge >= 0.3 is 17.8 Å². The lowest BCUT2D eigenvalue weighted by molar-refractivity contribution is -0.136. The molecule has 0 heterocycles. The highest BCUT2D eigenvalue weighted by molar-refractivity contribution is 7.98. The van der Waals surface area contributed by atoms with Crippen molar-refractivity contribution in [2.75, 3.05) is 31.0 Å². The zero-order valence-electron chi connectivity index (χ0n) is 13.9. The van der Waals surface area contributed by atoms with Crippen molar-refractivity contribution in [3.63, 3.8) is 0 Å². The molecule has 1 aromatic rings. The van der Waals surface area contributed by atoms with Crippen molar-refractivity contribution >= 4 is 35.2 Å². The lowest BCUT2D eigenvalue weighted by atomic mass is 10.0. The fourth-order valence-corrected chi connectivity index (χ4v) is 2.40. The molecule has 0 saturated heterocycles. The van der Waals surface area contributed by atoms with Crippen LogP contribution in [0.4, 0.5) is 5.69 Å². The molecule has 0 aliphatic carbocycles. The number of anilines is 1. The molecule has 0 unspecified atom stereocenters. The third-order valence-corrected chi connectivity index (χ3v) is 3.86. The van der Waals surface area contributed by atoms with Crippen LogP contribution in [0.2, 0.25) is 0 Å². The smallest absolute Gasteiger partial charge is 0.337 e. The van der Waals surface area contributed by atoms with Crippen LogP contribution in [0.15, 0.2) is 24.3 Å². The second kappa shape index (κ2) is 9.29. The molecule has 1 aromatic carbocycles. The van der Waals surface area contributed by atoms with E-state index < -0.39 is 23.4 Å². The highest BCUT2D eigenvalue weighted by Crippen LogP contribution is 2.12. The first kappa shape index (κ1) is 20.0. The summed E-state index contributed by atoms with van der Waals surface area (Å²) >= 11 is 1.59. The molecule has 0 bridgehead atoms. The first-order valence-electron chi connectivity index (χ1n) is 7.28. The molecule has 0 saturated carbocycles. The molecule has 3 N–H and O–H groups in total. The van der Waals surface area contributed by atoms with Crippen molar-refractivity contribution in [3.05, 3.63) is 29.8 Å². The van der Waals surface area contributed by atoms with E-state index >= 15 is 0 Å². The SMILES string of the molecule is COC(=O)c1ccc(NC(=O)C(=O)NC[C@](C)(O)CCSC)cc1. The van der Waals surface area contributed by atoms with E-state index in [0.717, 1.165) is 5.75 Å². The molecule has 0 radical (unpaired) electrons. The minimum Gasteiger partial charge on any atom is -0.465 e. The lowest BCUT2D eigenvalue weighted by Gasteiger charge is -2.23. The van der Waals surface area contributed by atoms with Gasteiger partial charge in [0.25, 0.3) is 0 Å². The number of nitrogens with one attached hydrogen (secondary N) is 2. The molecule has 8 heteroatoms. The number of thioether (sulfide) groups is 1. The zero-order chi connectivity index (χ0) is 18.2. The summed E-state index contributed by atoms with van der Waals surface area (Å²) in [4.78, 5) is 34.9. The summed E-state index contributed by atoms with van der Waals surface area (Å²) < 4.78 is 4.57. The molecule has 0 fully saturated rings. The van der Waals surface area contributed by atoms with Gasteiger partial charge in [-0.25, -0.2) is 4.79 Å². The Morgan fingerprint density at radius 2 is 1.83 bits per heavy atom. The maximum Gasteiger partial charge on any atom is 0.337 e. The summed E-state index contributed by atoms with van der Waals surface area (Å²) in [6.07, 6.45) is 2.43. The van der Waals surface area contributed by atoms with Gasteiger partial charge in [-0.2, -0.15) is 11.8 Å². The molecular weight excluding hydrogens is 332 g/mol. The monoisotopic (exact) mass is 354 g/mol. The molecule has 2 amide bonds. The predicted molar refractivity (Wildman–Crippen MR) is 93.0 cm³/mol. The van der Waals surface area contributed by atoms with E-state index in [-0.39, 0.29) is 6.54 Å². The molecule has 0 aliphatic heterocycles. The Hall–Kier alpha value is -2.06. The number of carbonyl (C=O) groups is 3. The minimum atomic E-state index is -1.07. The third kappa shape index (κ3) is 6.59. The molecule has 0 aromatic heterocycles. The quantitative estimate of drug-likeness (QED) is 0.499. The standard InChI is InChI=1S/C16H22N2O5S/c1-16(22,8-9-24-3)10-17-13(19)14(20)18-12-6-4-11(5-7-12)15(21)23-2/h4-7,22H,8-10H2,1-3H3,(H,17,19)(H,18,20)/t16-/m1/s1.